The van der Waals surface area contributed by atoms with Crippen LogP contribution in [-0.2, 0) is 27.2 Å². The fourth-order valence-corrected chi connectivity index (χ4v) is 8.90. The van der Waals surface area contributed by atoms with Crippen LogP contribution in [0.15, 0.2) is 61.2 Å². The number of carbonyl (C=O) groups is 4. The van der Waals surface area contributed by atoms with Gasteiger partial charge in [0.05, 0.1) is 29.5 Å². The minimum absolute atomic E-state index is 0.0333. The van der Waals surface area contributed by atoms with E-state index in [1.54, 1.807) is 29.7 Å². The molecule has 15 heteroatoms. The largest absolute Gasteiger partial charge is 0.368 e. The number of fused-ring (bicyclic) bond motifs is 2. The number of H-pyrrole nitrogens is 1. The third kappa shape index (κ3) is 8.18. The van der Waals surface area contributed by atoms with Crippen molar-refractivity contribution in [3.8, 4) is 0 Å². The summed E-state index contributed by atoms with van der Waals surface area (Å²) in [4.78, 5) is 72.0. The molecule has 0 spiro atoms. The summed E-state index contributed by atoms with van der Waals surface area (Å²) in [5.41, 5.74) is 5.51. The summed E-state index contributed by atoms with van der Waals surface area (Å²) in [6.45, 7) is 7.09. The first-order chi connectivity index (χ1) is 27.3. The molecule has 4 aliphatic rings. The number of piperazine rings is 1. The van der Waals surface area contributed by atoms with Gasteiger partial charge in [0.1, 0.15) is 12.1 Å². The number of aromatic nitrogens is 4. The molecule has 4 aromatic rings. The van der Waals surface area contributed by atoms with Gasteiger partial charge in [0, 0.05) is 81.4 Å². The molecule has 56 heavy (non-hydrogen) atoms. The van der Waals surface area contributed by atoms with Gasteiger partial charge in [-0.3, -0.25) is 29.5 Å². The number of urea groups is 1. The molecule has 1 aromatic carbocycles. The number of anilines is 2. The maximum atomic E-state index is 14.5. The van der Waals surface area contributed by atoms with Crippen molar-refractivity contribution in [2.24, 2.45) is 5.92 Å². The number of amides is 5. The fraction of sp³-hybridized carbons (Fsp3) is 0.488. The monoisotopic (exact) mass is 761 g/mol. The van der Waals surface area contributed by atoms with Crippen molar-refractivity contribution < 1.29 is 19.2 Å². The van der Waals surface area contributed by atoms with Crippen LogP contribution in [0, 0.1) is 12.8 Å². The SMILES string of the molecule is Cc1cc(C[C@@H](NC(=O)N2CCC(N3C(=O)Cc4ncccc43)CC2)C(=O)N[C@@H](CC2CCNCC2)C(=O)N2CCN(c3ccncc3)CC2)cc2cn[nH]c12. The molecule has 0 bridgehead atoms. The quantitative estimate of drug-likeness (QED) is 0.190. The first-order valence-corrected chi connectivity index (χ1v) is 20.0. The highest BCUT2D eigenvalue weighted by Gasteiger charge is 2.38. The van der Waals surface area contributed by atoms with Gasteiger partial charge < -0.3 is 35.6 Å². The number of aromatic amines is 1. The highest BCUT2D eigenvalue weighted by molar-refractivity contribution is 6.01. The lowest BCUT2D eigenvalue weighted by molar-refractivity contribution is -0.137. The van der Waals surface area contributed by atoms with Crippen molar-refractivity contribution in [2.75, 3.05) is 62.2 Å². The zero-order valence-electron chi connectivity index (χ0n) is 32.0. The van der Waals surface area contributed by atoms with Crippen LogP contribution in [0.2, 0.25) is 0 Å². The van der Waals surface area contributed by atoms with Crippen LogP contribution in [0.3, 0.4) is 0 Å². The summed E-state index contributed by atoms with van der Waals surface area (Å²) in [5.74, 6) is -0.142. The molecule has 3 saturated heterocycles. The lowest BCUT2D eigenvalue weighted by atomic mass is 9.90. The van der Waals surface area contributed by atoms with Crippen molar-refractivity contribution >= 4 is 46.0 Å². The second-order valence-corrected chi connectivity index (χ2v) is 15.6. The summed E-state index contributed by atoms with van der Waals surface area (Å²) in [6, 6.07) is 9.71. The average Bonchev–Trinajstić information content (AvgIpc) is 3.85. The highest BCUT2D eigenvalue weighted by Crippen LogP contribution is 2.32. The Morgan fingerprint density at radius 3 is 2.43 bits per heavy atom. The normalized spacial score (nSPS) is 19.2. The average molecular weight is 762 g/mol. The number of pyridine rings is 2. The molecule has 0 aliphatic carbocycles. The molecular formula is C41H51N11O4. The van der Waals surface area contributed by atoms with Gasteiger partial charge in [0.2, 0.25) is 17.7 Å². The number of rotatable bonds is 10. The number of hydrogen-bond acceptors (Lipinski definition) is 9. The van der Waals surface area contributed by atoms with Crippen molar-refractivity contribution in [1.82, 2.24) is 45.9 Å². The maximum absolute atomic E-state index is 14.5. The van der Waals surface area contributed by atoms with Crippen LogP contribution in [-0.4, -0.2) is 124 Å². The molecule has 3 fully saturated rings. The van der Waals surface area contributed by atoms with Crippen LogP contribution in [0.25, 0.3) is 10.9 Å². The van der Waals surface area contributed by atoms with Crippen LogP contribution < -0.4 is 25.8 Å². The third-order valence-electron chi connectivity index (χ3n) is 12.0. The number of aryl methyl sites for hydroxylation is 1. The number of nitrogens with zero attached hydrogens (tertiary/aromatic N) is 7. The van der Waals surface area contributed by atoms with E-state index >= 15 is 0 Å². The van der Waals surface area contributed by atoms with E-state index in [0.717, 1.165) is 65.0 Å². The van der Waals surface area contributed by atoms with Crippen molar-refractivity contribution in [1.29, 1.82) is 0 Å². The van der Waals surface area contributed by atoms with E-state index < -0.39 is 12.1 Å². The summed E-state index contributed by atoms with van der Waals surface area (Å²) < 4.78 is 0. The fourth-order valence-electron chi connectivity index (χ4n) is 8.90. The van der Waals surface area contributed by atoms with Crippen molar-refractivity contribution in [3.63, 3.8) is 0 Å². The van der Waals surface area contributed by atoms with Gasteiger partial charge in [-0.1, -0.05) is 6.07 Å². The van der Waals surface area contributed by atoms with Crippen molar-refractivity contribution in [3.05, 3.63) is 78.0 Å². The summed E-state index contributed by atoms with van der Waals surface area (Å²) in [7, 11) is 0. The Balaban J connectivity index is 0.978. The maximum Gasteiger partial charge on any atom is 0.318 e. The Bertz CT molecular complexity index is 2040. The van der Waals surface area contributed by atoms with Gasteiger partial charge in [-0.15, -0.1) is 0 Å². The molecule has 0 saturated carbocycles. The molecular weight excluding hydrogens is 711 g/mol. The molecule has 7 heterocycles. The van der Waals surface area contributed by atoms with Crippen LogP contribution in [0.1, 0.15) is 48.9 Å². The first-order valence-electron chi connectivity index (χ1n) is 20.0. The summed E-state index contributed by atoms with van der Waals surface area (Å²) in [6.07, 6.45) is 11.2. The predicted molar refractivity (Wildman–Crippen MR) is 212 cm³/mol. The number of benzene rings is 1. The topological polar surface area (TPSA) is 172 Å². The molecule has 3 aromatic heterocycles. The first kappa shape index (κ1) is 37.4. The molecule has 294 valence electrons. The Hall–Kier alpha value is -5.57. The lowest BCUT2D eigenvalue weighted by Crippen LogP contribution is -2.59. The highest BCUT2D eigenvalue weighted by atomic mass is 16.2. The molecule has 4 N–H and O–H groups in total. The minimum atomic E-state index is -0.936. The number of piperidine rings is 2. The zero-order chi connectivity index (χ0) is 38.6. The van der Waals surface area contributed by atoms with Gasteiger partial charge in [0.15, 0.2) is 0 Å². The summed E-state index contributed by atoms with van der Waals surface area (Å²) >= 11 is 0. The summed E-state index contributed by atoms with van der Waals surface area (Å²) in [5, 5.41) is 17.8. The standard InChI is InChI=1S/C41H51N11O4/c1-27-21-29(22-30-26-45-48-38(27)30)24-34(47-41(56)51-15-8-32(9-16-51)52-36-3-2-10-44-33(36)25-37(52)53)39(54)46-35(23-28-4-11-42-12-5-28)40(55)50-19-17-49(18-20-50)31-6-13-43-14-7-31/h2-3,6-7,10,13-14,21-22,26,28,32,34-35,42H,4-5,8-9,11-12,15-20,23-25H2,1H3,(H,45,48)(H,46,54)(H,47,56)/t34-,35+/m1/s1. The van der Waals surface area contributed by atoms with Gasteiger partial charge in [-0.25, -0.2) is 4.79 Å². The Labute approximate surface area is 326 Å². The molecule has 5 amide bonds. The Kier molecular flexibility index (Phi) is 11.1. The van der Waals surface area contributed by atoms with E-state index in [2.05, 4.69) is 41.0 Å². The molecule has 2 atom stereocenters. The molecule has 4 aliphatic heterocycles. The molecule has 0 radical (unpaired) electrons. The van der Waals surface area contributed by atoms with E-state index in [1.165, 1.54) is 0 Å². The molecule has 8 rings (SSSR count). The van der Waals surface area contributed by atoms with E-state index in [1.807, 2.05) is 53.1 Å². The van der Waals surface area contributed by atoms with Crippen LogP contribution >= 0.6 is 0 Å². The number of hydrogen-bond donors (Lipinski definition) is 4. The third-order valence-corrected chi connectivity index (χ3v) is 12.0. The number of carbonyl (C=O) groups excluding carboxylic acids is 4. The Morgan fingerprint density at radius 1 is 0.893 bits per heavy atom. The second-order valence-electron chi connectivity index (χ2n) is 15.6. The van der Waals surface area contributed by atoms with Crippen LogP contribution in [0.5, 0.6) is 0 Å². The van der Waals surface area contributed by atoms with E-state index in [-0.39, 0.29) is 42.1 Å². The molecule has 0 unspecified atom stereocenters. The zero-order valence-corrected chi connectivity index (χ0v) is 32.0. The van der Waals surface area contributed by atoms with Gasteiger partial charge in [-0.2, -0.15) is 5.10 Å². The minimum Gasteiger partial charge on any atom is -0.368 e. The van der Waals surface area contributed by atoms with Gasteiger partial charge in [0.25, 0.3) is 0 Å². The van der Waals surface area contributed by atoms with E-state index in [4.69, 9.17) is 0 Å². The molecule has 15 nitrogen and oxygen atoms in total. The van der Waals surface area contributed by atoms with Gasteiger partial charge in [-0.05, 0) is 99.5 Å². The van der Waals surface area contributed by atoms with Crippen LogP contribution in [0.4, 0.5) is 16.2 Å². The number of nitrogens with one attached hydrogen (secondary N) is 4. The van der Waals surface area contributed by atoms with Gasteiger partial charge >= 0.3 is 6.03 Å². The lowest BCUT2D eigenvalue weighted by Gasteiger charge is -2.39. The van der Waals surface area contributed by atoms with Crippen molar-refractivity contribution in [2.45, 2.75) is 70.0 Å². The Morgan fingerprint density at radius 2 is 1.66 bits per heavy atom. The second kappa shape index (κ2) is 16.7. The smallest absolute Gasteiger partial charge is 0.318 e. The van der Waals surface area contributed by atoms with E-state index in [0.29, 0.717) is 65.0 Å². The van der Waals surface area contributed by atoms with E-state index in [9.17, 15) is 19.2 Å². The number of likely N-dealkylation sites (tertiary alicyclic amines) is 1. The predicted octanol–water partition coefficient (Wildman–Crippen LogP) is 2.56.